The molecule has 0 aliphatic heterocycles. The number of benzene rings is 2. The molecule has 0 spiro atoms. The van der Waals surface area contributed by atoms with E-state index in [2.05, 4.69) is 10.6 Å². The third-order valence-electron chi connectivity index (χ3n) is 3.49. The zero-order chi connectivity index (χ0) is 19.6. The molecular formula is C20H21N3O4. The quantitative estimate of drug-likeness (QED) is 0.746. The van der Waals surface area contributed by atoms with Gasteiger partial charge in [0.05, 0.1) is 11.6 Å². The summed E-state index contributed by atoms with van der Waals surface area (Å²) in [4.78, 5) is 23.8. The Morgan fingerprint density at radius 2 is 1.89 bits per heavy atom. The van der Waals surface area contributed by atoms with Crippen LogP contribution in [0.1, 0.15) is 19.4 Å². The van der Waals surface area contributed by atoms with Crippen molar-refractivity contribution in [3.8, 4) is 17.6 Å². The topological polar surface area (TPSA) is 100 Å². The minimum Gasteiger partial charge on any atom is -0.484 e. The highest BCUT2D eigenvalue weighted by molar-refractivity contribution is 5.94. The first-order valence-electron chi connectivity index (χ1n) is 8.49. The Morgan fingerprint density at radius 3 is 2.63 bits per heavy atom. The molecule has 140 valence electrons. The highest BCUT2D eigenvalue weighted by Crippen LogP contribution is 2.19. The number of likely N-dealkylation sites (N-methyl/N-ethyl adjacent to an activating group) is 1. The lowest BCUT2D eigenvalue weighted by molar-refractivity contribution is -0.123. The SMILES string of the molecule is CCNC(=O)COc1cccc(NC(=O)C(C)Oc2cccc(C#N)c2)c1. The van der Waals surface area contributed by atoms with Gasteiger partial charge in [-0.1, -0.05) is 12.1 Å². The summed E-state index contributed by atoms with van der Waals surface area (Å²) < 4.78 is 11.0. The van der Waals surface area contributed by atoms with E-state index in [1.54, 1.807) is 55.5 Å². The predicted octanol–water partition coefficient (Wildman–Crippen LogP) is 2.48. The average molecular weight is 367 g/mol. The summed E-state index contributed by atoms with van der Waals surface area (Å²) in [6.45, 7) is 3.88. The van der Waals surface area contributed by atoms with Gasteiger partial charge in [0.2, 0.25) is 0 Å². The lowest BCUT2D eigenvalue weighted by Crippen LogP contribution is -2.30. The lowest BCUT2D eigenvalue weighted by Gasteiger charge is -2.15. The van der Waals surface area contributed by atoms with Crippen molar-refractivity contribution in [3.63, 3.8) is 0 Å². The van der Waals surface area contributed by atoms with Crippen LogP contribution in [-0.4, -0.2) is 31.1 Å². The van der Waals surface area contributed by atoms with Crippen molar-refractivity contribution < 1.29 is 19.1 Å². The zero-order valence-corrected chi connectivity index (χ0v) is 15.2. The molecule has 2 N–H and O–H groups in total. The number of amides is 2. The van der Waals surface area contributed by atoms with E-state index in [9.17, 15) is 9.59 Å². The molecule has 27 heavy (non-hydrogen) atoms. The van der Waals surface area contributed by atoms with Gasteiger partial charge in [0.1, 0.15) is 11.5 Å². The standard InChI is InChI=1S/C20H21N3O4/c1-3-22-19(24)13-26-17-8-5-7-16(11-17)23-20(25)14(2)27-18-9-4-6-15(10-18)12-21/h4-11,14H,3,13H2,1-2H3,(H,22,24)(H,23,25). The van der Waals surface area contributed by atoms with Crippen LogP contribution in [0.5, 0.6) is 11.5 Å². The van der Waals surface area contributed by atoms with Gasteiger partial charge < -0.3 is 20.1 Å². The molecule has 2 amide bonds. The molecule has 2 rings (SSSR count). The Morgan fingerprint density at radius 1 is 1.15 bits per heavy atom. The van der Waals surface area contributed by atoms with Crippen LogP contribution in [0.4, 0.5) is 5.69 Å². The van der Waals surface area contributed by atoms with Crippen molar-refractivity contribution in [3.05, 3.63) is 54.1 Å². The molecule has 0 bridgehead atoms. The van der Waals surface area contributed by atoms with Gasteiger partial charge in [0, 0.05) is 18.3 Å². The number of hydrogen-bond acceptors (Lipinski definition) is 5. The maximum Gasteiger partial charge on any atom is 0.265 e. The van der Waals surface area contributed by atoms with Crippen molar-refractivity contribution in [1.82, 2.24) is 5.32 Å². The number of hydrogen-bond donors (Lipinski definition) is 2. The van der Waals surface area contributed by atoms with Gasteiger partial charge in [0.15, 0.2) is 12.7 Å². The monoisotopic (exact) mass is 367 g/mol. The molecule has 1 atom stereocenters. The molecule has 0 radical (unpaired) electrons. The van der Waals surface area contributed by atoms with Crippen molar-refractivity contribution in [2.75, 3.05) is 18.5 Å². The van der Waals surface area contributed by atoms with E-state index in [0.29, 0.717) is 29.3 Å². The van der Waals surface area contributed by atoms with Crippen LogP contribution in [0, 0.1) is 11.3 Å². The van der Waals surface area contributed by atoms with Gasteiger partial charge in [-0.3, -0.25) is 9.59 Å². The van der Waals surface area contributed by atoms with Crippen LogP contribution in [0.25, 0.3) is 0 Å². The molecule has 2 aromatic carbocycles. The largest absolute Gasteiger partial charge is 0.484 e. The summed E-state index contributed by atoms with van der Waals surface area (Å²) in [5.41, 5.74) is 0.978. The van der Waals surface area contributed by atoms with Crippen LogP contribution in [0.3, 0.4) is 0 Å². The highest BCUT2D eigenvalue weighted by Gasteiger charge is 2.15. The summed E-state index contributed by atoms with van der Waals surface area (Å²) in [5.74, 6) is 0.344. The molecule has 1 unspecified atom stereocenters. The zero-order valence-electron chi connectivity index (χ0n) is 15.2. The third-order valence-corrected chi connectivity index (χ3v) is 3.49. The number of rotatable bonds is 8. The Balaban J connectivity index is 1.93. The van der Waals surface area contributed by atoms with Gasteiger partial charge >= 0.3 is 0 Å². The molecule has 7 nitrogen and oxygen atoms in total. The summed E-state index contributed by atoms with van der Waals surface area (Å²) in [5, 5.41) is 14.3. The van der Waals surface area contributed by atoms with E-state index in [1.807, 2.05) is 13.0 Å². The number of nitrogens with one attached hydrogen (secondary N) is 2. The molecule has 2 aromatic rings. The second-order valence-corrected chi connectivity index (χ2v) is 5.66. The van der Waals surface area contributed by atoms with Crippen LogP contribution in [0.15, 0.2) is 48.5 Å². The second kappa shape index (κ2) is 9.82. The van der Waals surface area contributed by atoms with Crippen molar-refractivity contribution >= 4 is 17.5 Å². The summed E-state index contributed by atoms with van der Waals surface area (Å²) >= 11 is 0. The lowest BCUT2D eigenvalue weighted by atomic mass is 10.2. The fourth-order valence-electron chi connectivity index (χ4n) is 2.20. The molecule has 0 fully saturated rings. The number of carbonyl (C=O) groups is 2. The molecule has 7 heteroatoms. The molecule has 0 aromatic heterocycles. The van der Waals surface area contributed by atoms with Crippen molar-refractivity contribution in [1.29, 1.82) is 5.26 Å². The fourth-order valence-corrected chi connectivity index (χ4v) is 2.20. The third kappa shape index (κ3) is 6.36. The van der Waals surface area contributed by atoms with Crippen molar-refractivity contribution in [2.24, 2.45) is 0 Å². The maximum absolute atomic E-state index is 12.3. The predicted molar refractivity (Wildman–Crippen MR) is 100 cm³/mol. The summed E-state index contributed by atoms with van der Waals surface area (Å²) in [6, 6.07) is 15.4. The smallest absolute Gasteiger partial charge is 0.265 e. The van der Waals surface area contributed by atoms with Crippen LogP contribution >= 0.6 is 0 Å². The van der Waals surface area contributed by atoms with Gasteiger partial charge in [0.25, 0.3) is 11.8 Å². The molecular weight excluding hydrogens is 346 g/mol. The van der Waals surface area contributed by atoms with E-state index < -0.39 is 6.10 Å². The first-order valence-corrected chi connectivity index (χ1v) is 8.49. The van der Waals surface area contributed by atoms with Gasteiger partial charge in [-0.05, 0) is 44.2 Å². The van der Waals surface area contributed by atoms with E-state index in [0.717, 1.165) is 0 Å². The Bertz CT molecular complexity index is 845. The van der Waals surface area contributed by atoms with Crippen LogP contribution in [0.2, 0.25) is 0 Å². The molecule has 0 aliphatic rings. The minimum atomic E-state index is -0.765. The fraction of sp³-hybridized carbons (Fsp3) is 0.250. The van der Waals surface area contributed by atoms with Gasteiger partial charge in [-0.2, -0.15) is 5.26 Å². The van der Waals surface area contributed by atoms with Gasteiger partial charge in [-0.25, -0.2) is 0 Å². The second-order valence-electron chi connectivity index (χ2n) is 5.66. The summed E-state index contributed by atoms with van der Waals surface area (Å²) in [6.07, 6.45) is -0.765. The number of ether oxygens (including phenoxy) is 2. The van der Waals surface area contributed by atoms with Crippen molar-refractivity contribution in [2.45, 2.75) is 20.0 Å². The Kier molecular flexibility index (Phi) is 7.20. The minimum absolute atomic E-state index is 0.0972. The number of nitriles is 1. The normalized spacial score (nSPS) is 11.0. The van der Waals surface area contributed by atoms with Crippen LogP contribution in [-0.2, 0) is 9.59 Å². The maximum atomic E-state index is 12.3. The first-order chi connectivity index (χ1) is 13.0. The average Bonchev–Trinajstić information content (AvgIpc) is 2.67. The highest BCUT2D eigenvalue weighted by atomic mass is 16.5. The van der Waals surface area contributed by atoms with E-state index in [-0.39, 0.29) is 18.4 Å². The number of carbonyl (C=O) groups excluding carboxylic acids is 2. The number of anilines is 1. The Labute approximate surface area is 157 Å². The number of nitrogens with zero attached hydrogens (tertiary/aromatic N) is 1. The first kappa shape index (κ1) is 19.8. The summed E-state index contributed by atoms with van der Waals surface area (Å²) in [7, 11) is 0. The molecule has 0 saturated carbocycles. The molecule has 0 heterocycles. The molecule has 0 aliphatic carbocycles. The molecule has 0 saturated heterocycles. The van der Waals surface area contributed by atoms with E-state index in [4.69, 9.17) is 14.7 Å². The Hall–Kier alpha value is -3.53. The van der Waals surface area contributed by atoms with Gasteiger partial charge in [-0.15, -0.1) is 0 Å². The van der Waals surface area contributed by atoms with Crippen LogP contribution < -0.4 is 20.1 Å². The van der Waals surface area contributed by atoms with E-state index in [1.165, 1.54) is 0 Å². The van der Waals surface area contributed by atoms with E-state index >= 15 is 0 Å².